The van der Waals surface area contributed by atoms with E-state index in [1.807, 2.05) is 11.8 Å². The lowest BCUT2D eigenvalue weighted by Crippen LogP contribution is -2.38. The van der Waals surface area contributed by atoms with Crippen molar-refractivity contribution in [1.82, 2.24) is 9.55 Å². The van der Waals surface area contributed by atoms with Gasteiger partial charge in [-0.15, -0.1) is 11.6 Å². The van der Waals surface area contributed by atoms with Crippen LogP contribution in [-0.4, -0.2) is 20.6 Å². The Hall–Kier alpha value is -0.740. The Balaban J connectivity index is 2.05. The minimum atomic E-state index is -0.249. The van der Waals surface area contributed by atoms with E-state index in [1.54, 1.807) is 6.07 Å². The highest BCUT2D eigenvalue weighted by Gasteiger charge is 2.37. The van der Waals surface area contributed by atoms with Gasteiger partial charge in [-0.05, 0) is 31.2 Å². The fourth-order valence-corrected chi connectivity index (χ4v) is 3.88. The van der Waals surface area contributed by atoms with Gasteiger partial charge >= 0.3 is 0 Å². The van der Waals surface area contributed by atoms with Gasteiger partial charge in [-0.2, -0.15) is 11.8 Å². The van der Waals surface area contributed by atoms with Crippen molar-refractivity contribution in [3.63, 3.8) is 0 Å². The van der Waals surface area contributed by atoms with Crippen molar-refractivity contribution in [1.29, 1.82) is 0 Å². The predicted molar refractivity (Wildman–Crippen MR) is 79.3 cm³/mol. The van der Waals surface area contributed by atoms with Crippen LogP contribution in [0, 0.1) is 5.82 Å². The first kappa shape index (κ1) is 13.3. The van der Waals surface area contributed by atoms with Gasteiger partial charge in [0.1, 0.15) is 11.6 Å². The molecule has 1 fully saturated rings. The zero-order chi connectivity index (χ0) is 13.5. The Morgan fingerprint density at radius 3 is 2.84 bits per heavy atom. The molecular weight excluding hydrogens is 283 g/mol. The topological polar surface area (TPSA) is 17.8 Å². The summed E-state index contributed by atoms with van der Waals surface area (Å²) < 4.78 is 15.7. The van der Waals surface area contributed by atoms with Gasteiger partial charge in [0, 0.05) is 17.4 Å². The minimum absolute atomic E-state index is 0.249. The number of fused-ring (bicyclic) bond motifs is 1. The van der Waals surface area contributed by atoms with Gasteiger partial charge in [0.25, 0.3) is 0 Å². The molecule has 1 aromatic carbocycles. The number of nitrogens with zero attached hydrogens (tertiary/aromatic N) is 2. The summed E-state index contributed by atoms with van der Waals surface area (Å²) in [4.78, 5) is 4.45. The first-order chi connectivity index (χ1) is 9.17. The second kappa shape index (κ2) is 4.98. The number of hydrogen-bond donors (Lipinski definition) is 0. The van der Waals surface area contributed by atoms with Gasteiger partial charge in [0.15, 0.2) is 0 Å². The van der Waals surface area contributed by atoms with E-state index < -0.39 is 0 Å². The lowest BCUT2D eigenvalue weighted by Gasteiger charge is -2.41. The summed E-state index contributed by atoms with van der Waals surface area (Å²) in [5, 5.41) is 0. The molecule has 0 unspecified atom stereocenters. The normalized spacial score (nSPS) is 17.6. The molecule has 19 heavy (non-hydrogen) atoms. The second-order valence-electron chi connectivity index (χ2n) is 5.12. The minimum Gasteiger partial charge on any atom is -0.326 e. The average molecular weight is 299 g/mol. The summed E-state index contributed by atoms with van der Waals surface area (Å²) >= 11 is 7.92. The Kier molecular flexibility index (Phi) is 3.48. The van der Waals surface area contributed by atoms with Crippen molar-refractivity contribution in [2.45, 2.75) is 36.4 Å². The molecule has 0 N–H and O–H groups in total. The van der Waals surface area contributed by atoms with Crippen LogP contribution in [0.1, 0.15) is 25.1 Å². The van der Waals surface area contributed by atoms with Crippen LogP contribution in [0.15, 0.2) is 18.2 Å². The number of thioether (sulfide) groups is 1. The van der Waals surface area contributed by atoms with E-state index in [2.05, 4.69) is 15.8 Å². The summed E-state index contributed by atoms with van der Waals surface area (Å²) in [7, 11) is 0. The third-order valence-corrected chi connectivity index (χ3v) is 5.70. The molecular formula is C14H16ClFN2S. The van der Waals surface area contributed by atoms with Gasteiger partial charge in [0.2, 0.25) is 0 Å². The maximum Gasteiger partial charge on any atom is 0.125 e. The van der Waals surface area contributed by atoms with Crippen molar-refractivity contribution >= 4 is 34.4 Å². The third kappa shape index (κ3) is 2.25. The van der Waals surface area contributed by atoms with E-state index in [9.17, 15) is 4.39 Å². The molecule has 102 valence electrons. The first-order valence-electron chi connectivity index (χ1n) is 6.43. The van der Waals surface area contributed by atoms with E-state index in [1.165, 1.54) is 31.4 Å². The molecule has 0 radical (unpaired) electrons. The quantitative estimate of drug-likeness (QED) is 0.787. The standard InChI is InChI=1S/C14H16ClFN2S/c1-19-14(5-2-6-14)9-18-12-4-3-10(16)7-11(12)17-13(18)8-15/h3-4,7H,2,5-6,8-9H2,1H3. The highest BCUT2D eigenvalue weighted by molar-refractivity contribution is 8.00. The highest BCUT2D eigenvalue weighted by Crippen LogP contribution is 2.44. The van der Waals surface area contributed by atoms with Crippen molar-refractivity contribution in [3.8, 4) is 0 Å². The molecule has 1 aromatic heterocycles. The molecule has 0 amide bonds. The van der Waals surface area contributed by atoms with E-state index in [0.717, 1.165) is 17.9 Å². The zero-order valence-electron chi connectivity index (χ0n) is 10.8. The Labute approximate surface area is 121 Å². The van der Waals surface area contributed by atoms with Crippen LogP contribution in [0.4, 0.5) is 4.39 Å². The zero-order valence-corrected chi connectivity index (χ0v) is 12.4. The van der Waals surface area contributed by atoms with Gasteiger partial charge in [-0.1, -0.05) is 6.42 Å². The molecule has 1 heterocycles. The molecule has 1 aliphatic rings. The number of alkyl halides is 1. The molecule has 0 aliphatic heterocycles. The van der Waals surface area contributed by atoms with Crippen molar-refractivity contribution in [2.75, 3.05) is 6.26 Å². The smallest absolute Gasteiger partial charge is 0.125 e. The lowest BCUT2D eigenvalue weighted by molar-refractivity contribution is 0.322. The van der Waals surface area contributed by atoms with Crippen molar-refractivity contribution in [3.05, 3.63) is 29.8 Å². The summed E-state index contributed by atoms with van der Waals surface area (Å²) in [6, 6.07) is 4.78. The fourth-order valence-electron chi connectivity index (χ4n) is 2.72. The third-order valence-electron chi connectivity index (χ3n) is 4.05. The number of benzene rings is 1. The Morgan fingerprint density at radius 2 is 2.26 bits per heavy atom. The molecule has 2 nitrogen and oxygen atoms in total. The molecule has 0 bridgehead atoms. The number of rotatable bonds is 4. The average Bonchev–Trinajstić information content (AvgIpc) is 2.70. The van der Waals surface area contributed by atoms with Crippen LogP contribution in [0.2, 0.25) is 0 Å². The molecule has 0 atom stereocenters. The molecule has 0 saturated heterocycles. The maximum atomic E-state index is 13.3. The van der Waals surface area contributed by atoms with E-state index in [4.69, 9.17) is 11.6 Å². The van der Waals surface area contributed by atoms with E-state index in [0.29, 0.717) is 16.1 Å². The highest BCUT2D eigenvalue weighted by atomic mass is 35.5. The van der Waals surface area contributed by atoms with E-state index in [-0.39, 0.29) is 5.82 Å². The van der Waals surface area contributed by atoms with Crippen LogP contribution in [0.5, 0.6) is 0 Å². The molecule has 3 rings (SSSR count). The summed E-state index contributed by atoms with van der Waals surface area (Å²) in [5.74, 6) is 0.949. The summed E-state index contributed by atoms with van der Waals surface area (Å²) in [6.45, 7) is 0.915. The van der Waals surface area contributed by atoms with Crippen LogP contribution in [0.3, 0.4) is 0 Å². The summed E-state index contributed by atoms with van der Waals surface area (Å²) in [6.07, 6.45) is 5.92. The molecule has 0 spiro atoms. The van der Waals surface area contributed by atoms with E-state index >= 15 is 0 Å². The number of imidazole rings is 1. The molecule has 5 heteroatoms. The van der Waals surface area contributed by atoms with Gasteiger partial charge < -0.3 is 4.57 Å². The number of hydrogen-bond acceptors (Lipinski definition) is 2. The van der Waals surface area contributed by atoms with Crippen LogP contribution in [0.25, 0.3) is 11.0 Å². The fraction of sp³-hybridized carbons (Fsp3) is 0.500. The van der Waals surface area contributed by atoms with Gasteiger partial charge in [-0.3, -0.25) is 0 Å². The maximum absolute atomic E-state index is 13.3. The predicted octanol–water partition coefficient (Wildman–Crippen LogP) is 4.20. The number of aromatic nitrogens is 2. The van der Waals surface area contributed by atoms with Crippen LogP contribution < -0.4 is 0 Å². The summed E-state index contributed by atoms with van der Waals surface area (Å²) in [5.41, 5.74) is 1.68. The molecule has 2 aromatic rings. The largest absolute Gasteiger partial charge is 0.326 e. The second-order valence-corrected chi connectivity index (χ2v) is 6.66. The van der Waals surface area contributed by atoms with Gasteiger partial charge in [0.05, 0.1) is 16.9 Å². The Bertz CT molecular complexity index is 601. The van der Waals surface area contributed by atoms with Crippen LogP contribution >= 0.6 is 23.4 Å². The lowest BCUT2D eigenvalue weighted by atomic mass is 9.84. The Morgan fingerprint density at radius 1 is 1.47 bits per heavy atom. The van der Waals surface area contributed by atoms with Crippen molar-refractivity contribution < 1.29 is 4.39 Å². The monoisotopic (exact) mass is 298 g/mol. The molecule has 1 saturated carbocycles. The van der Waals surface area contributed by atoms with Crippen LogP contribution in [-0.2, 0) is 12.4 Å². The van der Waals surface area contributed by atoms with Gasteiger partial charge in [-0.25, -0.2) is 9.37 Å². The molecule has 1 aliphatic carbocycles. The number of halogens is 2. The van der Waals surface area contributed by atoms with Crippen molar-refractivity contribution in [2.24, 2.45) is 0 Å². The first-order valence-corrected chi connectivity index (χ1v) is 8.19. The SMILES string of the molecule is CSC1(Cn2c(CCl)nc3cc(F)ccc32)CCC1.